The van der Waals surface area contributed by atoms with E-state index in [1.807, 2.05) is 44.2 Å². The van der Waals surface area contributed by atoms with Crippen LogP contribution < -0.4 is 10.6 Å². The van der Waals surface area contributed by atoms with Crippen molar-refractivity contribution in [1.82, 2.24) is 10.6 Å². The van der Waals surface area contributed by atoms with E-state index in [0.29, 0.717) is 19.3 Å². The fourth-order valence-corrected chi connectivity index (χ4v) is 2.60. The average Bonchev–Trinajstić information content (AvgIpc) is 2.99. The lowest BCUT2D eigenvalue weighted by molar-refractivity contribution is -0.149. The summed E-state index contributed by atoms with van der Waals surface area (Å²) in [6.45, 7) is 4.12. The Morgan fingerprint density at radius 1 is 1.29 bits per heavy atom. The highest BCUT2D eigenvalue weighted by Gasteiger charge is 2.31. The second-order valence-corrected chi connectivity index (χ2v) is 6.44. The van der Waals surface area contributed by atoms with Crippen molar-refractivity contribution in [1.29, 1.82) is 0 Å². The van der Waals surface area contributed by atoms with Gasteiger partial charge in [0.1, 0.15) is 18.7 Å². The minimum absolute atomic E-state index is 0.137. The van der Waals surface area contributed by atoms with Gasteiger partial charge in [0.05, 0.1) is 0 Å². The predicted molar refractivity (Wildman–Crippen MR) is 88.8 cm³/mol. The lowest BCUT2D eigenvalue weighted by Crippen LogP contribution is -2.49. The average molecular weight is 332 g/mol. The van der Waals surface area contributed by atoms with Gasteiger partial charge in [0.2, 0.25) is 11.8 Å². The van der Waals surface area contributed by atoms with Gasteiger partial charge in [-0.3, -0.25) is 9.59 Å². The molecular weight excluding hydrogens is 308 g/mol. The van der Waals surface area contributed by atoms with Gasteiger partial charge in [-0.1, -0.05) is 44.2 Å². The number of esters is 1. The molecule has 1 aromatic rings. The van der Waals surface area contributed by atoms with Crippen molar-refractivity contribution in [3.63, 3.8) is 0 Å². The Labute approximate surface area is 142 Å². The standard InChI is InChI=1S/C18H24N2O4/c1-12(2)10-15(20-17(22)14-8-9-16(21)19-14)18(23)24-11-13-6-4-3-5-7-13/h3-7,12,14-15H,8-11H2,1-2H3,(H,19,21)(H,20,22)/t14-,15-/m0/s1. The number of ether oxygens (including phenoxy) is 1. The first kappa shape index (κ1) is 18.0. The maximum atomic E-state index is 12.3. The molecule has 1 saturated heterocycles. The predicted octanol–water partition coefficient (Wildman–Crippen LogP) is 1.54. The highest BCUT2D eigenvalue weighted by Crippen LogP contribution is 2.11. The molecule has 2 amide bonds. The van der Waals surface area contributed by atoms with E-state index in [0.717, 1.165) is 5.56 Å². The molecule has 24 heavy (non-hydrogen) atoms. The first-order valence-corrected chi connectivity index (χ1v) is 8.26. The van der Waals surface area contributed by atoms with E-state index < -0.39 is 18.1 Å². The fourth-order valence-electron chi connectivity index (χ4n) is 2.60. The van der Waals surface area contributed by atoms with Crippen molar-refractivity contribution >= 4 is 17.8 Å². The van der Waals surface area contributed by atoms with Crippen LogP contribution in [-0.2, 0) is 25.7 Å². The minimum Gasteiger partial charge on any atom is -0.459 e. The zero-order valence-electron chi connectivity index (χ0n) is 14.1. The molecule has 2 rings (SSSR count). The van der Waals surface area contributed by atoms with Crippen LogP contribution in [0.2, 0.25) is 0 Å². The third kappa shape index (κ3) is 5.37. The normalized spacial score (nSPS) is 18.1. The third-order valence-corrected chi connectivity index (χ3v) is 3.84. The molecule has 2 atom stereocenters. The monoisotopic (exact) mass is 332 g/mol. The smallest absolute Gasteiger partial charge is 0.328 e. The van der Waals surface area contributed by atoms with Gasteiger partial charge in [-0.05, 0) is 24.3 Å². The Balaban J connectivity index is 1.92. The summed E-state index contributed by atoms with van der Waals surface area (Å²) in [4.78, 5) is 35.8. The second-order valence-electron chi connectivity index (χ2n) is 6.44. The first-order valence-electron chi connectivity index (χ1n) is 8.26. The molecule has 0 radical (unpaired) electrons. The SMILES string of the molecule is CC(C)C[C@H](NC(=O)[C@@H]1CCC(=O)N1)C(=O)OCc1ccccc1. The molecule has 6 heteroatoms. The number of rotatable bonds is 7. The lowest BCUT2D eigenvalue weighted by Gasteiger charge is -2.21. The highest BCUT2D eigenvalue weighted by atomic mass is 16.5. The molecule has 1 heterocycles. The molecule has 0 saturated carbocycles. The summed E-state index contributed by atoms with van der Waals surface area (Å²) in [6, 6.07) is 8.11. The molecule has 1 aliphatic rings. The molecule has 0 aliphatic carbocycles. The molecule has 0 aromatic heterocycles. The zero-order valence-corrected chi connectivity index (χ0v) is 14.1. The van der Waals surface area contributed by atoms with Crippen molar-refractivity contribution in [2.24, 2.45) is 5.92 Å². The van der Waals surface area contributed by atoms with E-state index in [4.69, 9.17) is 4.74 Å². The Kier molecular flexibility index (Phi) is 6.35. The number of carbonyl (C=O) groups is 3. The Hall–Kier alpha value is -2.37. The maximum absolute atomic E-state index is 12.3. The topological polar surface area (TPSA) is 84.5 Å². The Bertz CT molecular complexity index is 586. The maximum Gasteiger partial charge on any atom is 0.328 e. The summed E-state index contributed by atoms with van der Waals surface area (Å²) >= 11 is 0. The zero-order chi connectivity index (χ0) is 17.5. The van der Waals surface area contributed by atoms with Crippen molar-refractivity contribution in [3.8, 4) is 0 Å². The first-order chi connectivity index (χ1) is 11.5. The largest absolute Gasteiger partial charge is 0.459 e. The van der Waals surface area contributed by atoms with Crippen LogP contribution in [0, 0.1) is 5.92 Å². The van der Waals surface area contributed by atoms with Gasteiger partial charge in [-0.2, -0.15) is 0 Å². The van der Waals surface area contributed by atoms with E-state index >= 15 is 0 Å². The second kappa shape index (κ2) is 8.47. The molecule has 130 valence electrons. The van der Waals surface area contributed by atoms with E-state index in [1.165, 1.54) is 0 Å². The van der Waals surface area contributed by atoms with Crippen LogP contribution in [0.15, 0.2) is 30.3 Å². The van der Waals surface area contributed by atoms with Crippen LogP contribution in [0.5, 0.6) is 0 Å². The Morgan fingerprint density at radius 3 is 2.58 bits per heavy atom. The summed E-state index contributed by atoms with van der Waals surface area (Å²) in [5.41, 5.74) is 0.892. The van der Waals surface area contributed by atoms with Gasteiger partial charge in [0.15, 0.2) is 0 Å². The van der Waals surface area contributed by atoms with Crippen molar-refractivity contribution in [3.05, 3.63) is 35.9 Å². The summed E-state index contributed by atoms with van der Waals surface area (Å²) in [5.74, 6) is -0.701. The van der Waals surface area contributed by atoms with Crippen LogP contribution in [0.4, 0.5) is 0 Å². The molecule has 0 unspecified atom stereocenters. The number of benzene rings is 1. The molecule has 1 aliphatic heterocycles. The summed E-state index contributed by atoms with van der Waals surface area (Å²) < 4.78 is 5.33. The number of hydrogen-bond donors (Lipinski definition) is 2. The Morgan fingerprint density at radius 2 is 2.00 bits per heavy atom. The van der Waals surface area contributed by atoms with Gasteiger partial charge in [-0.15, -0.1) is 0 Å². The van der Waals surface area contributed by atoms with Gasteiger partial charge >= 0.3 is 5.97 Å². The number of amides is 2. The highest BCUT2D eigenvalue weighted by molar-refractivity contribution is 5.93. The quantitative estimate of drug-likeness (QED) is 0.742. The van der Waals surface area contributed by atoms with Gasteiger partial charge in [0, 0.05) is 6.42 Å². The summed E-state index contributed by atoms with van der Waals surface area (Å²) in [6.07, 6.45) is 1.28. The van der Waals surface area contributed by atoms with Crippen LogP contribution in [-0.4, -0.2) is 29.9 Å². The molecular formula is C18H24N2O4. The van der Waals surface area contributed by atoms with Gasteiger partial charge in [0.25, 0.3) is 0 Å². The minimum atomic E-state index is -0.710. The van der Waals surface area contributed by atoms with E-state index in [2.05, 4.69) is 10.6 Å². The lowest BCUT2D eigenvalue weighted by atomic mass is 10.0. The summed E-state index contributed by atoms with van der Waals surface area (Å²) in [5, 5.41) is 5.32. The molecule has 1 fully saturated rings. The molecule has 6 nitrogen and oxygen atoms in total. The fraction of sp³-hybridized carbons (Fsp3) is 0.500. The third-order valence-electron chi connectivity index (χ3n) is 3.84. The summed E-state index contributed by atoms with van der Waals surface area (Å²) in [7, 11) is 0. The van der Waals surface area contributed by atoms with E-state index in [9.17, 15) is 14.4 Å². The number of carbonyl (C=O) groups excluding carboxylic acids is 3. The van der Waals surface area contributed by atoms with Crippen LogP contribution >= 0.6 is 0 Å². The van der Waals surface area contributed by atoms with Crippen molar-refractivity contribution in [2.75, 3.05) is 0 Å². The molecule has 0 spiro atoms. The van der Waals surface area contributed by atoms with E-state index in [-0.39, 0.29) is 24.3 Å². The van der Waals surface area contributed by atoms with Crippen LogP contribution in [0.3, 0.4) is 0 Å². The molecule has 1 aromatic carbocycles. The van der Waals surface area contributed by atoms with Crippen molar-refractivity contribution < 1.29 is 19.1 Å². The van der Waals surface area contributed by atoms with Crippen molar-refractivity contribution in [2.45, 2.75) is 51.8 Å². The number of hydrogen-bond acceptors (Lipinski definition) is 4. The van der Waals surface area contributed by atoms with Crippen LogP contribution in [0.25, 0.3) is 0 Å². The molecule has 2 N–H and O–H groups in total. The molecule has 0 bridgehead atoms. The van der Waals surface area contributed by atoms with Gasteiger partial charge < -0.3 is 15.4 Å². The van der Waals surface area contributed by atoms with Crippen LogP contribution in [0.1, 0.15) is 38.7 Å². The number of nitrogens with one attached hydrogen (secondary N) is 2. The van der Waals surface area contributed by atoms with Gasteiger partial charge in [-0.25, -0.2) is 4.79 Å². The van der Waals surface area contributed by atoms with E-state index in [1.54, 1.807) is 0 Å².